The Kier molecular flexibility index (Phi) is 5.07. The fourth-order valence-corrected chi connectivity index (χ4v) is 4.01. The maximum Gasteiger partial charge on any atom is 0.0594 e. The van der Waals surface area contributed by atoms with Crippen LogP contribution >= 0.6 is 0 Å². The topological polar surface area (TPSA) is 19.0 Å². The average molecular weight is 317 g/mol. The molecule has 1 aromatic rings. The minimum Gasteiger partial charge on any atom is -0.379 e. The lowest BCUT2D eigenvalue weighted by atomic mass is 10.0. The van der Waals surface area contributed by atoms with Crippen LogP contribution in [-0.4, -0.2) is 67.2 Å². The van der Waals surface area contributed by atoms with Gasteiger partial charge in [-0.15, -0.1) is 0 Å². The van der Waals surface area contributed by atoms with E-state index < -0.39 is 0 Å². The third-order valence-electron chi connectivity index (χ3n) is 5.13. The average Bonchev–Trinajstić information content (AvgIpc) is 2.87. The third-order valence-corrected chi connectivity index (χ3v) is 5.13. The Morgan fingerprint density at radius 1 is 1.13 bits per heavy atom. The summed E-state index contributed by atoms with van der Waals surface area (Å²) in [5.41, 5.74) is 4.62. The molecule has 0 bridgehead atoms. The Labute approximate surface area is 141 Å². The van der Waals surface area contributed by atoms with Crippen molar-refractivity contribution in [1.82, 2.24) is 14.7 Å². The molecule has 2 heterocycles. The van der Waals surface area contributed by atoms with Gasteiger partial charge in [0.05, 0.1) is 13.2 Å². The smallest absolute Gasteiger partial charge is 0.0594 e. The summed E-state index contributed by atoms with van der Waals surface area (Å²) in [5.74, 6) is 0. The second-order valence-corrected chi connectivity index (χ2v) is 7.86. The maximum absolute atomic E-state index is 5.49. The molecule has 0 unspecified atom stereocenters. The minimum absolute atomic E-state index is 0.190. The van der Waals surface area contributed by atoms with Gasteiger partial charge in [-0.2, -0.15) is 0 Å². The largest absolute Gasteiger partial charge is 0.379 e. The number of benzene rings is 1. The van der Waals surface area contributed by atoms with Gasteiger partial charge in [-0.3, -0.25) is 9.80 Å². The quantitative estimate of drug-likeness (QED) is 0.828. The van der Waals surface area contributed by atoms with E-state index in [1.54, 1.807) is 0 Å². The number of fused-ring (bicyclic) bond motifs is 1. The molecule has 0 saturated carbocycles. The van der Waals surface area contributed by atoms with Crippen molar-refractivity contribution in [3.63, 3.8) is 0 Å². The fraction of sp³-hybridized carbons (Fsp3) is 0.684. The monoisotopic (exact) mass is 317 g/mol. The van der Waals surface area contributed by atoms with Gasteiger partial charge < -0.3 is 9.64 Å². The van der Waals surface area contributed by atoms with E-state index >= 15 is 0 Å². The number of likely N-dealkylation sites (N-methyl/N-ethyl adjacent to an activating group) is 1. The first-order chi connectivity index (χ1) is 10.9. The number of ether oxygens (including phenoxy) is 1. The van der Waals surface area contributed by atoms with Crippen LogP contribution in [0.2, 0.25) is 0 Å². The number of nitrogens with zero attached hydrogens (tertiary/aromatic N) is 3. The molecule has 2 aliphatic heterocycles. The van der Waals surface area contributed by atoms with Crippen LogP contribution < -0.4 is 0 Å². The van der Waals surface area contributed by atoms with Crippen LogP contribution in [0.5, 0.6) is 0 Å². The molecule has 3 rings (SSSR count). The van der Waals surface area contributed by atoms with Gasteiger partial charge in [0, 0.05) is 44.8 Å². The molecule has 4 nitrogen and oxygen atoms in total. The molecule has 0 N–H and O–H groups in total. The number of hydrogen-bond acceptors (Lipinski definition) is 4. The molecule has 0 amide bonds. The Morgan fingerprint density at radius 2 is 1.83 bits per heavy atom. The van der Waals surface area contributed by atoms with Crippen molar-refractivity contribution in [2.75, 3.05) is 46.9 Å². The molecular formula is C19H31N3O. The highest BCUT2D eigenvalue weighted by Crippen LogP contribution is 2.23. The summed E-state index contributed by atoms with van der Waals surface area (Å²) >= 11 is 0. The Morgan fingerprint density at radius 3 is 2.57 bits per heavy atom. The van der Waals surface area contributed by atoms with Crippen LogP contribution in [0.1, 0.15) is 30.5 Å². The molecule has 0 aliphatic carbocycles. The molecule has 1 saturated heterocycles. The minimum atomic E-state index is 0.190. The van der Waals surface area contributed by atoms with Gasteiger partial charge in [-0.1, -0.05) is 18.2 Å². The molecule has 128 valence electrons. The standard InChI is InChI=1S/C19H31N3O/c1-19(2,22-7-9-23-10-8-22)15-21(4)12-16-5-6-17-13-20(3)14-18(17)11-16/h5-6,11H,7-10,12-15H2,1-4H3. The van der Waals surface area contributed by atoms with E-state index in [-0.39, 0.29) is 5.54 Å². The SMILES string of the molecule is CN1Cc2ccc(CN(C)CC(C)(C)N3CCOCC3)cc2C1. The van der Waals surface area contributed by atoms with Gasteiger partial charge in [0.2, 0.25) is 0 Å². The molecule has 23 heavy (non-hydrogen) atoms. The third kappa shape index (κ3) is 4.13. The predicted octanol–water partition coefficient (Wildman–Crippen LogP) is 2.17. The molecule has 1 aromatic carbocycles. The number of rotatable bonds is 5. The van der Waals surface area contributed by atoms with Crippen molar-refractivity contribution < 1.29 is 4.74 Å². The lowest BCUT2D eigenvalue weighted by Crippen LogP contribution is -2.54. The normalized spacial score (nSPS) is 20.2. The first kappa shape index (κ1) is 16.9. The summed E-state index contributed by atoms with van der Waals surface area (Å²) in [7, 11) is 4.43. The summed E-state index contributed by atoms with van der Waals surface area (Å²) in [4.78, 5) is 7.39. The first-order valence-corrected chi connectivity index (χ1v) is 8.74. The molecule has 0 spiro atoms. The first-order valence-electron chi connectivity index (χ1n) is 8.74. The van der Waals surface area contributed by atoms with Gasteiger partial charge in [0.25, 0.3) is 0 Å². The van der Waals surface area contributed by atoms with Crippen molar-refractivity contribution >= 4 is 0 Å². The van der Waals surface area contributed by atoms with E-state index in [0.717, 1.165) is 52.5 Å². The van der Waals surface area contributed by atoms with E-state index in [1.165, 1.54) is 16.7 Å². The van der Waals surface area contributed by atoms with E-state index in [4.69, 9.17) is 4.74 Å². The van der Waals surface area contributed by atoms with E-state index in [0.29, 0.717) is 0 Å². The highest BCUT2D eigenvalue weighted by atomic mass is 16.5. The van der Waals surface area contributed by atoms with Crippen LogP contribution in [0.15, 0.2) is 18.2 Å². The second-order valence-electron chi connectivity index (χ2n) is 7.86. The van der Waals surface area contributed by atoms with Crippen LogP contribution in [0, 0.1) is 0 Å². The van der Waals surface area contributed by atoms with E-state index in [9.17, 15) is 0 Å². The van der Waals surface area contributed by atoms with Crippen molar-refractivity contribution in [3.05, 3.63) is 34.9 Å². The fourth-order valence-electron chi connectivity index (χ4n) is 4.01. The molecule has 2 aliphatic rings. The molecule has 0 atom stereocenters. The van der Waals surface area contributed by atoms with Crippen molar-refractivity contribution in [3.8, 4) is 0 Å². The molecule has 1 fully saturated rings. The molecule has 0 aromatic heterocycles. The molecule has 4 heteroatoms. The zero-order valence-electron chi connectivity index (χ0n) is 15.1. The van der Waals surface area contributed by atoms with Crippen molar-refractivity contribution in [2.24, 2.45) is 0 Å². The Balaban J connectivity index is 1.58. The lowest BCUT2D eigenvalue weighted by molar-refractivity contribution is -0.0200. The second kappa shape index (κ2) is 6.89. The van der Waals surface area contributed by atoms with Crippen molar-refractivity contribution in [2.45, 2.75) is 39.0 Å². The van der Waals surface area contributed by atoms with Crippen LogP contribution in [0.3, 0.4) is 0 Å². The van der Waals surface area contributed by atoms with E-state index in [2.05, 4.69) is 60.8 Å². The highest BCUT2D eigenvalue weighted by molar-refractivity contribution is 5.34. The number of morpholine rings is 1. The summed E-state index contributed by atoms with van der Waals surface area (Å²) in [5, 5.41) is 0. The van der Waals surface area contributed by atoms with Gasteiger partial charge in [0.1, 0.15) is 0 Å². The van der Waals surface area contributed by atoms with Gasteiger partial charge in [0.15, 0.2) is 0 Å². The van der Waals surface area contributed by atoms with E-state index in [1.807, 2.05) is 0 Å². The van der Waals surface area contributed by atoms with Crippen LogP contribution in [0.4, 0.5) is 0 Å². The maximum atomic E-state index is 5.49. The highest BCUT2D eigenvalue weighted by Gasteiger charge is 2.29. The van der Waals surface area contributed by atoms with Crippen LogP contribution in [-0.2, 0) is 24.4 Å². The zero-order valence-corrected chi connectivity index (χ0v) is 15.1. The number of hydrogen-bond donors (Lipinski definition) is 0. The van der Waals surface area contributed by atoms with Gasteiger partial charge in [-0.25, -0.2) is 0 Å². The summed E-state index contributed by atoms with van der Waals surface area (Å²) < 4.78 is 5.49. The summed E-state index contributed by atoms with van der Waals surface area (Å²) in [6.07, 6.45) is 0. The lowest BCUT2D eigenvalue weighted by Gasteiger charge is -2.42. The van der Waals surface area contributed by atoms with Gasteiger partial charge in [-0.05, 0) is 44.6 Å². The summed E-state index contributed by atoms with van der Waals surface area (Å²) in [6.45, 7) is 12.8. The molecular weight excluding hydrogens is 286 g/mol. The summed E-state index contributed by atoms with van der Waals surface area (Å²) in [6, 6.07) is 7.02. The van der Waals surface area contributed by atoms with Crippen LogP contribution in [0.25, 0.3) is 0 Å². The predicted molar refractivity (Wildman–Crippen MR) is 94.4 cm³/mol. The Hall–Kier alpha value is -0.940. The van der Waals surface area contributed by atoms with Crippen molar-refractivity contribution in [1.29, 1.82) is 0 Å². The Bertz CT molecular complexity index is 537. The zero-order chi connectivity index (χ0) is 16.4. The molecule has 0 radical (unpaired) electrons. The van der Waals surface area contributed by atoms with Gasteiger partial charge >= 0.3 is 0 Å².